The quantitative estimate of drug-likeness (QED) is 0.466. The van der Waals surface area contributed by atoms with Crippen molar-refractivity contribution in [3.63, 3.8) is 0 Å². The van der Waals surface area contributed by atoms with Crippen LogP contribution in [0, 0.1) is 11.0 Å². The number of aromatic carboxylic acids is 1. The van der Waals surface area contributed by atoms with Crippen LogP contribution in [0.25, 0.3) is 0 Å². The third kappa shape index (κ3) is 3.60. The van der Waals surface area contributed by atoms with Crippen molar-refractivity contribution in [3.05, 3.63) is 34.8 Å². The van der Waals surface area contributed by atoms with Crippen LogP contribution in [0.3, 0.4) is 0 Å². The molecule has 2 N–H and O–H groups in total. The van der Waals surface area contributed by atoms with Crippen LogP contribution in [0.1, 0.15) is 10.4 Å². The molecule has 0 atom stereocenters. The normalized spacial score (nSPS) is 8.08. The molecular weight excluding hydrogens is 336 g/mol. The number of hydrogen-bond donors (Lipinski definition) is 2. The molecule has 1 aromatic carbocycles. The van der Waals surface area contributed by atoms with E-state index < -0.39 is 5.97 Å². The van der Waals surface area contributed by atoms with Gasteiger partial charge in [-0.3, -0.25) is 0 Å². The molecule has 0 radical (unpaired) electrons. The van der Waals surface area contributed by atoms with Crippen molar-refractivity contribution in [1.29, 1.82) is 0 Å². The van der Waals surface area contributed by atoms with Crippen LogP contribution < -0.4 is 0 Å². The van der Waals surface area contributed by atoms with Crippen LogP contribution in [-0.2, 0) is 19.5 Å². The zero-order chi connectivity index (χ0) is 8.43. The molecule has 0 bridgehead atoms. The molecule has 1 aromatic rings. The Labute approximate surface area is 103 Å². The van der Waals surface area contributed by atoms with E-state index in [0.717, 1.165) is 0 Å². The van der Waals surface area contributed by atoms with Crippen molar-refractivity contribution in [2.75, 3.05) is 0 Å². The zero-order valence-electron chi connectivity index (χ0n) is 7.12. The maximum Gasteiger partial charge on any atom is 0.339 e. The maximum atomic E-state index is 10.4. The minimum Gasteiger partial charge on any atom is -0.506 e. The molecular formula is C8H8IO3Zn-. The number of hydrogen-bond acceptors (Lipinski definition) is 2. The topological polar surface area (TPSA) is 57.5 Å². The van der Waals surface area contributed by atoms with Crippen LogP contribution in [-0.4, -0.2) is 16.2 Å². The van der Waals surface area contributed by atoms with Gasteiger partial charge in [-0.1, -0.05) is 6.07 Å². The van der Waals surface area contributed by atoms with Gasteiger partial charge in [0.1, 0.15) is 11.3 Å². The summed E-state index contributed by atoms with van der Waals surface area (Å²) in [5.41, 5.74) is -0.0584. The smallest absolute Gasteiger partial charge is 0.339 e. The zero-order valence-corrected chi connectivity index (χ0v) is 12.2. The molecule has 0 saturated carbocycles. The van der Waals surface area contributed by atoms with Gasteiger partial charge in [0.25, 0.3) is 0 Å². The molecule has 0 aromatic heterocycles. The molecule has 0 saturated heterocycles. The van der Waals surface area contributed by atoms with Crippen molar-refractivity contribution in [1.82, 2.24) is 0 Å². The first-order chi connectivity index (χ1) is 5.13. The molecule has 0 spiro atoms. The van der Waals surface area contributed by atoms with E-state index in [4.69, 9.17) is 5.11 Å². The Morgan fingerprint density at radius 3 is 2.31 bits per heavy atom. The summed E-state index contributed by atoms with van der Waals surface area (Å²) >= 11 is 1.87. The second kappa shape index (κ2) is 6.32. The average molecular weight is 344 g/mol. The third-order valence-electron chi connectivity index (χ3n) is 1.22. The second-order valence-corrected chi connectivity index (χ2v) is 3.10. The van der Waals surface area contributed by atoms with Crippen molar-refractivity contribution in [2.45, 2.75) is 0 Å². The molecule has 3 nitrogen and oxygen atoms in total. The Bertz CT molecular complexity index is 301. The molecule has 0 fully saturated rings. The molecule has 0 aliphatic rings. The molecule has 0 amide bonds. The second-order valence-electron chi connectivity index (χ2n) is 1.94. The van der Waals surface area contributed by atoms with Gasteiger partial charge in [-0.2, -0.15) is 0 Å². The van der Waals surface area contributed by atoms with E-state index in [0.29, 0.717) is 3.57 Å². The van der Waals surface area contributed by atoms with Crippen LogP contribution >= 0.6 is 22.6 Å². The van der Waals surface area contributed by atoms with Gasteiger partial charge >= 0.3 is 5.97 Å². The number of rotatable bonds is 1. The monoisotopic (exact) mass is 343 g/mol. The fourth-order valence-corrected chi connectivity index (χ4v) is 1.19. The Morgan fingerprint density at radius 1 is 1.38 bits per heavy atom. The SMILES string of the molecule is O=C(O)c1cccc(I)c1O.[CH3-].[Zn]. The summed E-state index contributed by atoms with van der Waals surface area (Å²) in [5.74, 6) is -1.28. The minimum absolute atomic E-state index is 0. The number of carboxylic acid groups (broad SMARTS) is 1. The molecule has 5 heteroatoms. The van der Waals surface area contributed by atoms with Crippen molar-refractivity contribution >= 4 is 28.6 Å². The number of aromatic hydroxyl groups is 1. The number of carboxylic acids is 1. The number of carbonyl (C=O) groups is 1. The Kier molecular flexibility index (Phi) is 7.45. The van der Waals surface area contributed by atoms with Gasteiger partial charge in [0.15, 0.2) is 0 Å². The molecule has 0 aliphatic carbocycles. The largest absolute Gasteiger partial charge is 0.506 e. The predicted octanol–water partition coefficient (Wildman–Crippen LogP) is 2.14. The van der Waals surface area contributed by atoms with E-state index in [1.165, 1.54) is 6.07 Å². The van der Waals surface area contributed by atoms with E-state index in [-0.39, 0.29) is 38.2 Å². The third-order valence-corrected chi connectivity index (χ3v) is 2.09. The van der Waals surface area contributed by atoms with Crippen LogP contribution in [0.15, 0.2) is 18.2 Å². The summed E-state index contributed by atoms with van der Waals surface area (Å²) in [7, 11) is 0. The maximum absolute atomic E-state index is 10.4. The van der Waals surface area contributed by atoms with Gasteiger partial charge in [0, 0.05) is 19.5 Å². The Morgan fingerprint density at radius 2 is 1.92 bits per heavy atom. The van der Waals surface area contributed by atoms with Gasteiger partial charge in [-0.25, -0.2) is 4.79 Å². The molecule has 1 rings (SSSR count). The molecule has 0 heterocycles. The van der Waals surface area contributed by atoms with E-state index >= 15 is 0 Å². The summed E-state index contributed by atoms with van der Waals surface area (Å²) in [6, 6.07) is 4.59. The number of benzene rings is 1. The Hall–Kier alpha value is -0.157. The summed E-state index contributed by atoms with van der Waals surface area (Å²) in [6.07, 6.45) is 0. The van der Waals surface area contributed by atoms with Gasteiger partial charge in [-0.15, -0.1) is 0 Å². The van der Waals surface area contributed by atoms with Gasteiger partial charge in [-0.05, 0) is 34.7 Å². The van der Waals surface area contributed by atoms with Crippen molar-refractivity contribution in [2.24, 2.45) is 0 Å². The van der Waals surface area contributed by atoms with E-state index in [9.17, 15) is 9.90 Å². The molecule has 0 unspecified atom stereocenters. The number of phenols is 1. The standard InChI is InChI=1S/C7H5IO3.CH3.Zn/c8-5-3-1-2-4(6(5)9)7(10)11;;/h1-3,9H,(H,10,11);1H3;/q;-1;. The summed E-state index contributed by atoms with van der Waals surface area (Å²) < 4.78 is 0.544. The summed E-state index contributed by atoms with van der Waals surface area (Å²) in [4.78, 5) is 10.4. The van der Waals surface area contributed by atoms with E-state index in [1.54, 1.807) is 12.1 Å². The summed E-state index contributed by atoms with van der Waals surface area (Å²) in [6.45, 7) is 0. The first kappa shape index (κ1) is 15.3. The fraction of sp³-hybridized carbons (Fsp3) is 0. The Balaban J connectivity index is 0. The number of halogens is 1. The van der Waals surface area contributed by atoms with Gasteiger partial charge in [0.2, 0.25) is 0 Å². The van der Waals surface area contributed by atoms with Crippen LogP contribution in [0.2, 0.25) is 0 Å². The predicted molar refractivity (Wildman–Crippen MR) is 54.2 cm³/mol. The van der Waals surface area contributed by atoms with Crippen molar-refractivity contribution < 1.29 is 34.5 Å². The molecule has 68 valence electrons. The average Bonchev–Trinajstić information content (AvgIpc) is 1.94. The van der Waals surface area contributed by atoms with Gasteiger partial charge in [0.05, 0.1) is 3.57 Å². The van der Waals surface area contributed by atoms with E-state index in [1.807, 2.05) is 22.6 Å². The van der Waals surface area contributed by atoms with E-state index in [2.05, 4.69) is 0 Å². The van der Waals surface area contributed by atoms with Crippen LogP contribution in [0.5, 0.6) is 5.75 Å². The fourth-order valence-electron chi connectivity index (χ4n) is 0.688. The van der Waals surface area contributed by atoms with Crippen molar-refractivity contribution in [3.8, 4) is 5.75 Å². The first-order valence-corrected chi connectivity index (χ1v) is 3.91. The summed E-state index contributed by atoms with van der Waals surface area (Å²) in [5, 5.41) is 17.7. The molecule has 0 aliphatic heterocycles. The van der Waals surface area contributed by atoms with Gasteiger partial charge < -0.3 is 17.6 Å². The number of para-hydroxylation sites is 1. The first-order valence-electron chi connectivity index (χ1n) is 2.83. The minimum atomic E-state index is -1.11. The molecule has 13 heavy (non-hydrogen) atoms. The van der Waals surface area contributed by atoms with Crippen LogP contribution in [0.4, 0.5) is 0 Å².